The van der Waals surface area contributed by atoms with Gasteiger partial charge in [-0.05, 0) is 61.0 Å². The highest BCUT2D eigenvalue weighted by Crippen LogP contribution is 2.50. The summed E-state index contributed by atoms with van der Waals surface area (Å²) in [6, 6.07) is 9.06. The fourth-order valence-corrected chi connectivity index (χ4v) is 4.91. The van der Waals surface area contributed by atoms with Crippen LogP contribution in [0.5, 0.6) is 0 Å². The van der Waals surface area contributed by atoms with E-state index in [0.717, 1.165) is 37.2 Å². The molecule has 108 valence electrons. The summed E-state index contributed by atoms with van der Waals surface area (Å²) in [5.41, 5.74) is 9.42. The Morgan fingerprint density at radius 3 is 2.90 bits per heavy atom. The van der Waals surface area contributed by atoms with Crippen molar-refractivity contribution in [3.63, 3.8) is 0 Å². The minimum absolute atomic E-state index is 0.231. The molecule has 2 saturated carbocycles. The fourth-order valence-electron chi connectivity index (χ4n) is 4.91. The normalized spacial score (nSPS) is 36.9. The molecule has 2 nitrogen and oxygen atoms in total. The van der Waals surface area contributed by atoms with Gasteiger partial charge in [0.2, 0.25) is 0 Å². The number of hydrogen-bond acceptors (Lipinski definition) is 2. The summed E-state index contributed by atoms with van der Waals surface area (Å²) in [6.45, 7) is 0.852. The largest absolute Gasteiger partial charge is 0.373 e. The first-order valence-corrected chi connectivity index (χ1v) is 8.26. The molecule has 0 spiro atoms. The second-order valence-electron chi connectivity index (χ2n) is 7.05. The van der Waals surface area contributed by atoms with Crippen LogP contribution in [0.1, 0.15) is 49.3 Å². The van der Waals surface area contributed by atoms with E-state index in [1.165, 1.54) is 36.8 Å². The molecule has 5 atom stereocenters. The maximum atomic E-state index is 6.57. The molecular weight excluding hydrogens is 246 g/mol. The minimum Gasteiger partial charge on any atom is -0.373 e. The second-order valence-corrected chi connectivity index (χ2v) is 7.05. The Kier molecular flexibility index (Phi) is 3.31. The van der Waals surface area contributed by atoms with Gasteiger partial charge < -0.3 is 10.5 Å². The van der Waals surface area contributed by atoms with Crippen LogP contribution in [-0.4, -0.2) is 12.6 Å². The second kappa shape index (κ2) is 5.16. The molecule has 5 unspecified atom stereocenters. The van der Waals surface area contributed by atoms with Crippen LogP contribution in [0.25, 0.3) is 0 Å². The molecule has 2 heteroatoms. The lowest BCUT2D eigenvalue weighted by molar-refractivity contribution is 0.0254. The van der Waals surface area contributed by atoms with Gasteiger partial charge in [-0.15, -0.1) is 0 Å². The lowest BCUT2D eigenvalue weighted by Crippen LogP contribution is -2.36. The summed E-state index contributed by atoms with van der Waals surface area (Å²) in [6.07, 6.45) is 7.98. The van der Waals surface area contributed by atoms with Crippen molar-refractivity contribution in [2.75, 3.05) is 6.61 Å². The van der Waals surface area contributed by atoms with Gasteiger partial charge in [-0.25, -0.2) is 0 Å². The molecule has 0 saturated heterocycles. The van der Waals surface area contributed by atoms with Gasteiger partial charge in [0.1, 0.15) is 0 Å². The van der Waals surface area contributed by atoms with Crippen molar-refractivity contribution in [3.8, 4) is 0 Å². The molecule has 20 heavy (non-hydrogen) atoms. The SMILES string of the molecule is NC(CC1OCCc2ccccc21)C1CC2CCC1C2. The summed E-state index contributed by atoms with van der Waals surface area (Å²) >= 11 is 0. The Morgan fingerprint density at radius 1 is 1.20 bits per heavy atom. The Balaban J connectivity index is 1.47. The molecule has 1 heterocycles. The summed E-state index contributed by atoms with van der Waals surface area (Å²) in [5.74, 6) is 2.65. The highest BCUT2D eigenvalue weighted by Gasteiger charge is 2.42. The van der Waals surface area contributed by atoms with Crippen LogP contribution in [-0.2, 0) is 11.2 Å². The fraction of sp³-hybridized carbons (Fsp3) is 0.667. The number of nitrogens with two attached hydrogens (primary N) is 1. The van der Waals surface area contributed by atoms with E-state index in [1.807, 2.05) is 0 Å². The highest BCUT2D eigenvalue weighted by molar-refractivity contribution is 5.31. The van der Waals surface area contributed by atoms with E-state index in [-0.39, 0.29) is 6.10 Å². The molecule has 1 aromatic carbocycles. The van der Waals surface area contributed by atoms with Crippen LogP contribution in [0.15, 0.2) is 24.3 Å². The Bertz CT molecular complexity index is 486. The van der Waals surface area contributed by atoms with Crippen LogP contribution in [0.2, 0.25) is 0 Å². The molecule has 0 aromatic heterocycles. The van der Waals surface area contributed by atoms with Crippen molar-refractivity contribution < 1.29 is 4.74 Å². The summed E-state index contributed by atoms with van der Waals surface area (Å²) in [5, 5.41) is 0. The van der Waals surface area contributed by atoms with Crippen molar-refractivity contribution in [2.45, 2.75) is 50.7 Å². The molecule has 0 radical (unpaired) electrons. The number of benzene rings is 1. The van der Waals surface area contributed by atoms with Crippen molar-refractivity contribution in [1.29, 1.82) is 0 Å². The van der Waals surface area contributed by atoms with E-state index in [4.69, 9.17) is 10.5 Å². The molecule has 4 rings (SSSR count). The van der Waals surface area contributed by atoms with Crippen LogP contribution in [0.3, 0.4) is 0 Å². The monoisotopic (exact) mass is 271 g/mol. The predicted octanol–water partition coefficient (Wildman–Crippen LogP) is 3.45. The zero-order valence-electron chi connectivity index (χ0n) is 12.1. The van der Waals surface area contributed by atoms with Gasteiger partial charge in [0, 0.05) is 6.04 Å². The molecule has 2 N–H and O–H groups in total. The van der Waals surface area contributed by atoms with Crippen molar-refractivity contribution in [1.82, 2.24) is 0 Å². The highest BCUT2D eigenvalue weighted by atomic mass is 16.5. The van der Waals surface area contributed by atoms with E-state index >= 15 is 0 Å². The number of ether oxygens (including phenoxy) is 1. The van der Waals surface area contributed by atoms with E-state index in [2.05, 4.69) is 24.3 Å². The number of fused-ring (bicyclic) bond motifs is 3. The quantitative estimate of drug-likeness (QED) is 0.914. The lowest BCUT2D eigenvalue weighted by atomic mass is 9.80. The third-order valence-electron chi connectivity index (χ3n) is 5.92. The average molecular weight is 271 g/mol. The third kappa shape index (κ3) is 2.19. The van der Waals surface area contributed by atoms with E-state index in [1.54, 1.807) is 0 Å². The van der Waals surface area contributed by atoms with Gasteiger partial charge in [0.15, 0.2) is 0 Å². The Morgan fingerprint density at radius 2 is 2.10 bits per heavy atom. The van der Waals surface area contributed by atoms with E-state index in [0.29, 0.717) is 6.04 Å². The Labute approximate surface area is 121 Å². The zero-order valence-corrected chi connectivity index (χ0v) is 12.1. The molecular formula is C18H25NO. The van der Waals surface area contributed by atoms with Crippen molar-refractivity contribution >= 4 is 0 Å². The van der Waals surface area contributed by atoms with Crippen molar-refractivity contribution in [2.24, 2.45) is 23.5 Å². The zero-order chi connectivity index (χ0) is 13.5. The third-order valence-corrected chi connectivity index (χ3v) is 5.92. The predicted molar refractivity (Wildman–Crippen MR) is 80.4 cm³/mol. The van der Waals surface area contributed by atoms with Gasteiger partial charge in [0.25, 0.3) is 0 Å². The van der Waals surface area contributed by atoms with E-state index in [9.17, 15) is 0 Å². The molecule has 3 aliphatic rings. The average Bonchev–Trinajstić information content (AvgIpc) is 3.10. The van der Waals surface area contributed by atoms with Gasteiger partial charge in [-0.2, -0.15) is 0 Å². The maximum absolute atomic E-state index is 6.57. The van der Waals surface area contributed by atoms with Gasteiger partial charge >= 0.3 is 0 Å². The Hall–Kier alpha value is -0.860. The first-order chi connectivity index (χ1) is 9.81. The van der Waals surface area contributed by atoms with Gasteiger partial charge in [-0.1, -0.05) is 30.7 Å². The van der Waals surface area contributed by atoms with Gasteiger partial charge in [-0.3, -0.25) is 0 Å². The summed E-state index contributed by atoms with van der Waals surface area (Å²) < 4.78 is 6.03. The first kappa shape index (κ1) is 12.8. The summed E-state index contributed by atoms with van der Waals surface area (Å²) in [4.78, 5) is 0. The van der Waals surface area contributed by atoms with Gasteiger partial charge in [0.05, 0.1) is 12.7 Å². The molecule has 2 aliphatic carbocycles. The van der Waals surface area contributed by atoms with E-state index < -0.39 is 0 Å². The molecule has 1 aliphatic heterocycles. The molecule has 2 fully saturated rings. The molecule has 2 bridgehead atoms. The molecule has 0 amide bonds. The van der Waals surface area contributed by atoms with Crippen LogP contribution < -0.4 is 5.73 Å². The minimum atomic E-state index is 0.231. The maximum Gasteiger partial charge on any atom is 0.0842 e. The topological polar surface area (TPSA) is 35.2 Å². The summed E-state index contributed by atoms with van der Waals surface area (Å²) in [7, 11) is 0. The smallest absolute Gasteiger partial charge is 0.0842 e. The first-order valence-electron chi connectivity index (χ1n) is 8.26. The number of hydrogen-bond donors (Lipinski definition) is 1. The van der Waals surface area contributed by atoms with Crippen LogP contribution in [0.4, 0.5) is 0 Å². The van der Waals surface area contributed by atoms with Crippen LogP contribution >= 0.6 is 0 Å². The standard InChI is InChI=1S/C18H25NO/c19-17(16-10-12-5-6-14(16)9-12)11-18-15-4-2-1-3-13(15)7-8-20-18/h1-4,12,14,16-18H,5-11,19H2. The van der Waals surface area contributed by atoms with Crippen molar-refractivity contribution in [3.05, 3.63) is 35.4 Å². The lowest BCUT2D eigenvalue weighted by Gasteiger charge is -2.33. The molecule has 1 aromatic rings. The number of rotatable bonds is 3. The van der Waals surface area contributed by atoms with Crippen LogP contribution in [0, 0.1) is 17.8 Å².